The van der Waals surface area contributed by atoms with Crippen LogP contribution in [0.4, 0.5) is 20.3 Å². The van der Waals surface area contributed by atoms with Gasteiger partial charge in [-0.15, -0.1) is 0 Å². The fourth-order valence-corrected chi connectivity index (χ4v) is 8.43. The van der Waals surface area contributed by atoms with Crippen molar-refractivity contribution in [2.45, 2.75) is 76.8 Å². The number of aromatic hydroxyl groups is 1. The number of phenolic OH excluding ortho intramolecular Hbond substituents is 1. The molecule has 12 heteroatoms. The maximum absolute atomic E-state index is 15.0. The highest BCUT2D eigenvalue weighted by Crippen LogP contribution is 2.42. The number of alkyl halides is 1. The molecule has 6 heterocycles. The van der Waals surface area contributed by atoms with Crippen LogP contribution in [0.5, 0.6) is 11.8 Å². The number of fused-ring (bicyclic) bond motifs is 4. The first-order chi connectivity index (χ1) is 22.3. The Morgan fingerprint density at radius 1 is 1.09 bits per heavy atom. The third-order valence-electron chi connectivity index (χ3n) is 10.4. The van der Waals surface area contributed by atoms with Gasteiger partial charge in [-0.25, -0.2) is 8.78 Å². The number of hydrogen-bond acceptors (Lipinski definition) is 8. The third-order valence-corrected chi connectivity index (χ3v) is 10.7. The van der Waals surface area contributed by atoms with E-state index in [1.54, 1.807) is 24.4 Å². The molecule has 0 bridgehead atoms. The van der Waals surface area contributed by atoms with Crippen LogP contribution in [-0.4, -0.2) is 74.3 Å². The number of aromatic nitrogens is 4. The van der Waals surface area contributed by atoms with Gasteiger partial charge in [0.05, 0.1) is 41.2 Å². The molecule has 2 atom stereocenters. The maximum atomic E-state index is 15.0. The zero-order valence-electron chi connectivity index (χ0n) is 26.0. The van der Waals surface area contributed by atoms with E-state index in [9.17, 15) is 9.50 Å². The molecule has 0 aliphatic carbocycles. The van der Waals surface area contributed by atoms with Crippen LogP contribution in [0.15, 0.2) is 30.5 Å². The van der Waals surface area contributed by atoms with Crippen LogP contribution in [-0.2, 0) is 32.5 Å². The minimum atomic E-state index is -0.848. The van der Waals surface area contributed by atoms with Gasteiger partial charge in [0.2, 0.25) is 0 Å². The summed E-state index contributed by atoms with van der Waals surface area (Å²) < 4.78 is 38.0. The number of nitrogens with zero attached hydrogens (tertiary/aromatic N) is 7. The quantitative estimate of drug-likeness (QED) is 0.280. The molecule has 0 amide bonds. The minimum Gasteiger partial charge on any atom is -0.508 e. The Labute approximate surface area is 271 Å². The van der Waals surface area contributed by atoms with Crippen molar-refractivity contribution >= 4 is 33.9 Å². The summed E-state index contributed by atoms with van der Waals surface area (Å²) >= 11 is 6.57. The number of ether oxygens (including phenoxy) is 1. The first-order valence-electron chi connectivity index (χ1n) is 16.4. The number of anilines is 2. The normalized spacial score (nSPS) is 23.0. The largest absolute Gasteiger partial charge is 0.508 e. The summed E-state index contributed by atoms with van der Waals surface area (Å²) in [6, 6.07) is 6.89. The minimum absolute atomic E-state index is 0.135. The number of halogens is 3. The Morgan fingerprint density at radius 3 is 2.85 bits per heavy atom. The molecule has 4 aliphatic heterocycles. The predicted molar refractivity (Wildman–Crippen MR) is 173 cm³/mol. The SMILES string of the molecule is CCc1c(F)ccc2cc(O)cc(N3CCc4c(nc(OC[C@@]56CCCN5C[C@H](F)C6)nc4N4CCCn5ncc(Cl)c5C4)C3)c12. The summed E-state index contributed by atoms with van der Waals surface area (Å²) in [5.74, 6) is 0.707. The van der Waals surface area contributed by atoms with E-state index in [0.717, 1.165) is 78.1 Å². The van der Waals surface area contributed by atoms with Crippen LogP contribution in [0.1, 0.15) is 55.1 Å². The second-order valence-electron chi connectivity index (χ2n) is 13.2. The third kappa shape index (κ3) is 5.02. The van der Waals surface area contributed by atoms with Crippen molar-refractivity contribution in [2.24, 2.45) is 0 Å². The number of phenols is 1. The van der Waals surface area contributed by atoms with Crippen LogP contribution in [0.2, 0.25) is 5.02 Å². The van der Waals surface area contributed by atoms with Gasteiger partial charge in [-0.1, -0.05) is 24.6 Å². The molecule has 0 unspecified atom stereocenters. The van der Waals surface area contributed by atoms with Gasteiger partial charge in [0.25, 0.3) is 0 Å². The predicted octanol–water partition coefficient (Wildman–Crippen LogP) is 5.82. The number of aryl methyl sites for hydroxylation is 2. The van der Waals surface area contributed by atoms with Gasteiger partial charge in [-0.2, -0.15) is 15.1 Å². The second-order valence-corrected chi connectivity index (χ2v) is 13.6. The first-order valence-corrected chi connectivity index (χ1v) is 16.8. The lowest BCUT2D eigenvalue weighted by Gasteiger charge is -2.35. The van der Waals surface area contributed by atoms with E-state index >= 15 is 4.39 Å². The van der Waals surface area contributed by atoms with E-state index in [1.807, 2.05) is 11.6 Å². The summed E-state index contributed by atoms with van der Waals surface area (Å²) in [5.41, 5.74) is 3.92. The van der Waals surface area contributed by atoms with Crippen molar-refractivity contribution in [1.82, 2.24) is 24.6 Å². The van der Waals surface area contributed by atoms with Crippen LogP contribution in [0.25, 0.3) is 10.8 Å². The van der Waals surface area contributed by atoms with E-state index in [-0.39, 0.29) is 23.1 Å². The van der Waals surface area contributed by atoms with Crippen molar-refractivity contribution in [3.8, 4) is 11.8 Å². The summed E-state index contributed by atoms with van der Waals surface area (Å²) in [7, 11) is 0. The standard InChI is InChI=1S/C34H38ClF2N7O2/c1-2-24-27(37)6-5-21-13-23(45)14-29(31(21)24)41-12-7-25-28(18-41)39-33(46-20-34-8-3-10-43(34)17-22(36)15-34)40-32(25)42-9-4-11-44-30(19-42)26(35)16-38-44/h5-6,13-14,16,22,45H,2-4,7-12,15,17-20H2,1H3/t22-,34+/m1/s1. The highest BCUT2D eigenvalue weighted by Gasteiger charge is 2.49. The summed E-state index contributed by atoms with van der Waals surface area (Å²) in [5, 5.41) is 17.4. The van der Waals surface area contributed by atoms with E-state index < -0.39 is 6.17 Å². The molecule has 242 valence electrons. The van der Waals surface area contributed by atoms with Gasteiger partial charge in [-0.3, -0.25) is 9.58 Å². The zero-order chi connectivity index (χ0) is 31.6. The van der Waals surface area contributed by atoms with Gasteiger partial charge in [0, 0.05) is 55.3 Å². The fraction of sp³-hybridized carbons (Fsp3) is 0.500. The molecule has 2 aromatic heterocycles. The van der Waals surface area contributed by atoms with Crippen molar-refractivity contribution < 1.29 is 18.6 Å². The molecule has 2 saturated heterocycles. The Kier molecular flexibility index (Phi) is 7.44. The van der Waals surface area contributed by atoms with E-state index in [2.05, 4.69) is 19.8 Å². The Morgan fingerprint density at radius 2 is 1.98 bits per heavy atom. The topological polar surface area (TPSA) is 82.8 Å². The lowest BCUT2D eigenvalue weighted by atomic mass is 9.95. The summed E-state index contributed by atoms with van der Waals surface area (Å²) in [6.07, 6.45) is 5.31. The molecular weight excluding hydrogens is 612 g/mol. The van der Waals surface area contributed by atoms with Gasteiger partial charge >= 0.3 is 6.01 Å². The van der Waals surface area contributed by atoms with E-state index in [4.69, 9.17) is 26.3 Å². The average molecular weight is 650 g/mol. The van der Waals surface area contributed by atoms with Crippen molar-refractivity contribution in [1.29, 1.82) is 0 Å². The molecule has 8 rings (SSSR count). The molecule has 2 fully saturated rings. The second kappa shape index (κ2) is 11.5. The zero-order valence-corrected chi connectivity index (χ0v) is 26.7. The van der Waals surface area contributed by atoms with Crippen LogP contribution >= 0.6 is 11.6 Å². The average Bonchev–Trinajstić information content (AvgIpc) is 3.63. The Bertz CT molecular complexity index is 1820. The lowest BCUT2D eigenvalue weighted by molar-refractivity contribution is 0.107. The monoisotopic (exact) mass is 649 g/mol. The molecule has 4 aromatic rings. The summed E-state index contributed by atoms with van der Waals surface area (Å²) in [6.45, 7) is 6.80. The molecule has 4 aliphatic rings. The van der Waals surface area contributed by atoms with E-state index in [1.165, 1.54) is 6.07 Å². The highest BCUT2D eigenvalue weighted by molar-refractivity contribution is 6.31. The molecule has 2 aromatic carbocycles. The Balaban J connectivity index is 1.18. The van der Waals surface area contributed by atoms with Crippen molar-refractivity contribution in [2.75, 3.05) is 42.6 Å². The van der Waals surface area contributed by atoms with Gasteiger partial charge < -0.3 is 19.6 Å². The molecule has 0 spiro atoms. The lowest BCUT2D eigenvalue weighted by Crippen LogP contribution is -2.43. The van der Waals surface area contributed by atoms with Crippen LogP contribution in [0, 0.1) is 5.82 Å². The molecule has 1 N–H and O–H groups in total. The summed E-state index contributed by atoms with van der Waals surface area (Å²) in [4.78, 5) is 16.7. The molecular formula is C34H38ClF2N7O2. The first kappa shape index (κ1) is 29.7. The van der Waals surface area contributed by atoms with Crippen LogP contribution < -0.4 is 14.5 Å². The Hall–Kier alpha value is -3.70. The van der Waals surface area contributed by atoms with Gasteiger partial charge in [-0.05, 0) is 61.7 Å². The van der Waals surface area contributed by atoms with Crippen LogP contribution in [0.3, 0.4) is 0 Å². The number of hydrogen-bond donors (Lipinski definition) is 1. The molecule has 0 radical (unpaired) electrons. The molecule has 0 saturated carbocycles. The number of rotatable bonds is 6. The van der Waals surface area contributed by atoms with Gasteiger partial charge in [0.15, 0.2) is 0 Å². The smallest absolute Gasteiger partial charge is 0.318 e. The van der Waals surface area contributed by atoms with Gasteiger partial charge in [0.1, 0.15) is 30.2 Å². The van der Waals surface area contributed by atoms with E-state index in [0.29, 0.717) is 62.6 Å². The maximum Gasteiger partial charge on any atom is 0.318 e. The highest BCUT2D eigenvalue weighted by atomic mass is 35.5. The van der Waals surface area contributed by atoms with Crippen molar-refractivity contribution in [3.05, 3.63) is 63.8 Å². The van der Waals surface area contributed by atoms with Crippen molar-refractivity contribution in [3.63, 3.8) is 0 Å². The number of benzene rings is 2. The molecule has 46 heavy (non-hydrogen) atoms. The fourth-order valence-electron chi connectivity index (χ4n) is 8.23. The molecule has 9 nitrogen and oxygen atoms in total.